The van der Waals surface area contributed by atoms with Crippen molar-refractivity contribution in [3.8, 4) is 0 Å². The van der Waals surface area contributed by atoms with Crippen LogP contribution in [0, 0.1) is 0 Å². The highest BCUT2D eigenvalue weighted by molar-refractivity contribution is 6.07. The van der Waals surface area contributed by atoms with Crippen LogP contribution in [0.2, 0.25) is 0 Å². The zero-order chi connectivity index (χ0) is 18.4. The standard InChI is InChI=1S/C18H16N4O4/c1-25-18(24)13-6-2-3-7-14(13)22-17(23)15-9-16(21-11-20-15)19-10-12-5-4-8-26-12/h2-9,11H,10H2,1H3,(H,22,23)(H,19,20,21). The number of hydrogen-bond acceptors (Lipinski definition) is 7. The van der Waals surface area contributed by atoms with Crippen LogP contribution in [-0.4, -0.2) is 29.0 Å². The lowest BCUT2D eigenvalue weighted by Gasteiger charge is -2.10. The molecule has 3 rings (SSSR count). The first-order valence-electron chi connectivity index (χ1n) is 7.74. The van der Waals surface area contributed by atoms with E-state index in [0.29, 0.717) is 18.1 Å². The summed E-state index contributed by atoms with van der Waals surface area (Å²) in [6.07, 6.45) is 2.86. The summed E-state index contributed by atoms with van der Waals surface area (Å²) in [6.45, 7) is 0.427. The number of rotatable bonds is 6. The van der Waals surface area contributed by atoms with Gasteiger partial charge < -0.3 is 19.8 Å². The van der Waals surface area contributed by atoms with E-state index in [-0.39, 0.29) is 11.3 Å². The Morgan fingerprint density at radius 2 is 2.00 bits per heavy atom. The first kappa shape index (κ1) is 17.2. The molecular formula is C18H16N4O4. The number of hydrogen-bond donors (Lipinski definition) is 2. The molecule has 0 saturated heterocycles. The Bertz CT molecular complexity index is 909. The predicted molar refractivity (Wildman–Crippen MR) is 93.8 cm³/mol. The first-order valence-corrected chi connectivity index (χ1v) is 7.74. The average Bonchev–Trinajstić information content (AvgIpc) is 3.20. The molecule has 1 aromatic carbocycles. The third-order valence-electron chi connectivity index (χ3n) is 3.50. The van der Waals surface area contributed by atoms with Crippen molar-refractivity contribution in [2.24, 2.45) is 0 Å². The van der Waals surface area contributed by atoms with Gasteiger partial charge in [0.1, 0.15) is 23.6 Å². The molecule has 0 saturated carbocycles. The van der Waals surface area contributed by atoms with Gasteiger partial charge in [0, 0.05) is 6.07 Å². The van der Waals surface area contributed by atoms with Crippen LogP contribution in [0.3, 0.4) is 0 Å². The van der Waals surface area contributed by atoms with Crippen LogP contribution in [-0.2, 0) is 11.3 Å². The molecular weight excluding hydrogens is 336 g/mol. The molecule has 0 aliphatic rings. The molecule has 2 aromatic heterocycles. The normalized spacial score (nSPS) is 10.2. The summed E-state index contributed by atoms with van der Waals surface area (Å²) >= 11 is 0. The summed E-state index contributed by atoms with van der Waals surface area (Å²) in [7, 11) is 1.28. The number of aromatic nitrogens is 2. The van der Waals surface area contributed by atoms with Gasteiger partial charge in [-0.25, -0.2) is 14.8 Å². The van der Waals surface area contributed by atoms with E-state index in [2.05, 4.69) is 20.6 Å². The van der Waals surface area contributed by atoms with Crippen LogP contribution in [0.15, 0.2) is 59.5 Å². The van der Waals surface area contributed by atoms with Crippen molar-refractivity contribution in [3.05, 3.63) is 72.1 Å². The third-order valence-corrected chi connectivity index (χ3v) is 3.50. The van der Waals surface area contributed by atoms with Gasteiger partial charge in [0.2, 0.25) is 0 Å². The molecule has 0 radical (unpaired) electrons. The number of para-hydroxylation sites is 1. The number of esters is 1. The highest BCUT2D eigenvalue weighted by atomic mass is 16.5. The van der Waals surface area contributed by atoms with Crippen LogP contribution < -0.4 is 10.6 Å². The quantitative estimate of drug-likeness (QED) is 0.657. The lowest BCUT2D eigenvalue weighted by molar-refractivity contribution is 0.0602. The van der Waals surface area contributed by atoms with Gasteiger partial charge in [0.15, 0.2) is 0 Å². The monoisotopic (exact) mass is 352 g/mol. The smallest absolute Gasteiger partial charge is 0.339 e. The average molecular weight is 352 g/mol. The van der Waals surface area contributed by atoms with Crippen molar-refractivity contribution < 1.29 is 18.7 Å². The van der Waals surface area contributed by atoms with Crippen molar-refractivity contribution in [2.75, 3.05) is 17.7 Å². The molecule has 0 spiro atoms. The third kappa shape index (κ3) is 4.04. The van der Waals surface area contributed by atoms with Gasteiger partial charge in [0.25, 0.3) is 5.91 Å². The maximum atomic E-state index is 12.5. The number of methoxy groups -OCH3 is 1. The Morgan fingerprint density at radius 1 is 1.15 bits per heavy atom. The molecule has 132 valence electrons. The van der Waals surface area contributed by atoms with E-state index in [1.807, 2.05) is 6.07 Å². The minimum absolute atomic E-state index is 0.154. The molecule has 0 atom stereocenters. The molecule has 2 heterocycles. The largest absolute Gasteiger partial charge is 0.467 e. The Hall–Kier alpha value is -3.68. The molecule has 26 heavy (non-hydrogen) atoms. The number of benzene rings is 1. The van der Waals surface area contributed by atoms with Crippen LogP contribution in [0.1, 0.15) is 26.6 Å². The fraction of sp³-hybridized carbons (Fsp3) is 0.111. The molecule has 0 aliphatic heterocycles. The van der Waals surface area contributed by atoms with Crippen LogP contribution >= 0.6 is 0 Å². The number of furan rings is 1. The Balaban J connectivity index is 1.72. The number of carbonyl (C=O) groups is 2. The highest BCUT2D eigenvalue weighted by Crippen LogP contribution is 2.17. The summed E-state index contributed by atoms with van der Waals surface area (Å²) in [5.74, 6) is 0.207. The minimum Gasteiger partial charge on any atom is -0.467 e. The summed E-state index contributed by atoms with van der Waals surface area (Å²) in [4.78, 5) is 32.3. The zero-order valence-electron chi connectivity index (χ0n) is 13.9. The van der Waals surface area contributed by atoms with E-state index in [9.17, 15) is 9.59 Å². The van der Waals surface area contributed by atoms with E-state index in [1.165, 1.54) is 19.5 Å². The SMILES string of the molecule is COC(=O)c1ccccc1NC(=O)c1cc(NCc2ccco2)ncn1. The summed E-state index contributed by atoms with van der Waals surface area (Å²) in [5.41, 5.74) is 0.753. The second kappa shape index (κ2) is 7.93. The molecule has 8 heteroatoms. The molecule has 0 bridgehead atoms. The van der Waals surface area contributed by atoms with Crippen LogP contribution in [0.25, 0.3) is 0 Å². The fourth-order valence-electron chi connectivity index (χ4n) is 2.24. The molecule has 0 unspecified atom stereocenters. The summed E-state index contributed by atoms with van der Waals surface area (Å²) in [6, 6.07) is 11.7. The summed E-state index contributed by atoms with van der Waals surface area (Å²) < 4.78 is 9.95. The van der Waals surface area contributed by atoms with Crippen molar-refractivity contribution in [1.29, 1.82) is 0 Å². The van der Waals surface area contributed by atoms with Gasteiger partial charge in [-0.1, -0.05) is 12.1 Å². The molecule has 1 amide bonds. The van der Waals surface area contributed by atoms with Gasteiger partial charge in [-0.2, -0.15) is 0 Å². The maximum Gasteiger partial charge on any atom is 0.339 e. The van der Waals surface area contributed by atoms with E-state index in [1.54, 1.807) is 36.6 Å². The molecule has 2 N–H and O–H groups in total. The first-order chi connectivity index (χ1) is 12.7. The predicted octanol–water partition coefficient (Wildman–Crippen LogP) is 2.72. The van der Waals surface area contributed by atoms with E-state index < -0.39 is 11.9 Å². The number of nitrogens with one attached hydrogen (secondary N) is 2. The Kier molecular flexibility index (Phi) is 5.23. The van der Waals surface area contributed by atoms with Gasteiger partial charge >= 0.3 is 5.97 Å². The highest BCUT2D eigenvalue weighted by Gasteiger charge is 2.15. The number of carbonyl (C=O) groups excluding carboxylic acids is 2. The minimum atomic E-state index is -0.538. The number of ether oxygens (including phenoxy) is 1. The van der Waals surface area contributed by atoms with Crippen LogP contribution in [0.4, 0.5) is 11.5 Å². The number of amides is 1. The van der Waals surface area contributed by atoms with Gasteiger partial charge in [-0.3, -0.25) is 4.79 Å². The fourth-order valence-corrected chi connectivity index (χ4v) is 2.24. The van der Waals surface area contributed by atoms with Crippen molar-refractivity contribution >= 4 is 23.4 Å². The number of anilines is 2. The van der Waals surface area contributed by atoms with Crippen LogP contribution in [0.5, 0.6) is 0 Å². The number of nitrogens with zero attached hydrogens (tertiary/aromatic N) is 2. The maximum absolute atomic E-state index is 12.5. The second-order valence-corrected chi connectivity index (χ2v) is 5.21. The van der Waals surface area contributed by atoms with Gasteiger partial charge in [-0.05, 0) is 24.3 Å². The topological polar surface area (TPSA) is 106 Å². The molecule has 3 aromatic rings. The van der Waals surface area contributed by atoms with Gasteiger partial charge in [0.05, 0.1) is 31.2 Å². The van der Waals surface area contributed by atoms with Gasteiger partial charge in [-0.15, -0.1) is 0 Å². The van der Waals surface area contributed by atoms with E-state index in [0.717, 1.165) is 5.76 Å². The summed E-state index contributed by atoms with van der Waals surface area (Å²) in [5, 5.41) is 5.71. The molecule has 8 nitrogen and oxygen atoms in total. The van der Waals surface area contributed by atoms with Crippen molar-refractivity contribution in [3.63, 3.8) is 0 Å². The Labute approximate surface area is 149 Å². The molecule has 0 aliphatic carbocycles. The van der Waals surface area contributed by atoms with Crippen molar-refractivity contribution in [2.45, 2.75) is 6.54 Å². The lowest BCUT2D eigenvalue weighted by atomic mass is 10.1. The van der Waals surface area contributed by atoms with E-state index >= 15 is 0 Å². The van der Waals surface area contributed by atoms with Crippen molar-refractivity contribution in [1.82, 2.24) is 9.97 Å². The lowest BCUT2D eigenvalue weighted by Crippen LogP contribution is -2.17. The second-order valence-electron chi connectivity index (χ2n) is 5.21. The Morgan fingerprint density at radius 3 is 2.77 bits per heavy atom. The zero-order valence-corrected chi connectivity index (χ0v) is 13.9. The molecule has 0 fully saturated rings. The van der Waals surface area contributed by atoms with E-state index in [4.69, 9.17) is 9.15 Å².